The van der Waals surface area contributed by atoms with E-state index in [1.807, 2.05) is 25.1 Å². The van der Waals surface area contributed by atoms with Gasteiger partial charge in [-0.05, 0) is 19.1 Å². The second kappa shape index (κ2) is 6.89. The number of hydrogen-bond acceptors (Lipinski definition) is 6. The summed E-state index contributed by atoms with van der Waals surface area (Å²) < 4.78 is 1.18. The van der Waals surface area contributed by atoms with Crippen molar-refractivity contribution in [1.82, 2.24) is 25.5 Å². The molecule has 6 nitrogen and oxygen atoms in total. The van der Waals surface area contributed by atoms with E-state index in [-0.39, 0.29) is 11.9 Å². The van der Waals surface area contributed by atoms with Gasteiger partial charge in [-0.25, -0.2) is 9.97 Å². The summed E-state index contributed by atoms with van der Waals surface area (Å²) in [6.45, 7) is 1.99. The topological polar surface area (TPSA) is 83.6 Å². The van der Waals surface area contributed by atoms with Crippen LogP contribution in [0.3, 0.4) is 0 Å². The van der Waals surface area contributed by atoms with Gasteiger partial charge < -0.3 is 5.32 Å². The smallest absolute Gasteiger partial charge is 0.230 e. The molecule has 8 heteroatoms. The molecule has 2 aromatic heterocycles. The molecule has 1 aromatic carbocycles. The van der Waals surface area contributed by atoms with Crippen molar-refractivity contribution in [3.63, 3.8) is 0 Å². The van der Waals surface area contributed by atoms with Crippen molar-refractivity contribution in [2.75, 3.05) is 5.75 Å². The zero-order valence-electron chi connectivity index (χ0n) is 11.9. The number of carbonyl (C=O) groups is 1. The number of nitrogens with zero attached hydrogens (tertiary/aromatic N) is 3. The summed E-state index contributed by atoms with van der Waals surface area (Å²) in [7, 11) is 0. The van der Waals surface area contributed by atoms with Gasteiger partial charge in [0.1, 0.15) is 6.33 Å². The van der Waals surface area contributed by atoms with E-state index in [1.54, 1.807) is 11.3 Å². The molecule has 0 spiro atoms. The number of fused-ring (bicyclic) bond motifs is 1. The van der Waals surface area contributed by atoms with E-state index in [0.717, 1.165) is 16.9 Å². The van der Waals surface area contributed by atoms with Crippen LogP contribution in [0.1, 0.15) is 11.9 Å². The van der Waals surface area contributed by atoms with Gasteiger partial charge in [0.15, 0.2) is 5.16 Å². The van der Waals surface area contributed by atoms with Crippen molar-refractivity contribution in [1.29, 1.82) is 0 Å². The number of amides is 1. The lowest BCUT2D eigenvalue weighted by Crippen LogP contribution is -2.35. The summed E-state index contributed by atoms with van der Waals surface area (Å²) in [5.41, 5.74) is 1.02. The highest BCUT2D eigenvalue weighted by Gasteiger charge is 2.12. The van der Waals surface area contributed by atoms with Gasteiger partial charge >= 0.3 is 0 Å². The number of benzene rings is 1. The second-order valence-corrected chi connectivity index (χ2v) is 6.91. The number of rotatable bonds is 6. The largest absolute Gasteiger partial charge is 0.352 e. The third kappa shape index (κ3) is 3.83. The molecule has 1 atom stereocenters. The van der Waals surface area contributed by atoms with Crippen LogP contribution in [0.25, 0.3) is 10.2 Å². The maximum absolute atomic E-state index is 11.9. The molecule has 114 valence electrons. The first-order valence-corrected chi connectivity index (χ1v) is 8.63. The lowest BCUT2D eigenvalue weighted by Gasteiger charge is -2.11. The van der Waals surface area contributed by atoms with Gasteiger partial charge in [-0.1, -0.05) is 23.9 Å². The summed E-state index contributed by atoms with van der Waals surface area (Å²) >= 11 is 3.01. The van der Waals surface area contributed by atoms with Crippen molar-refractivity contribution in [3.8, 4) is 0 Å². The molecule has 2 heterocycles. The third-order valence-corrected chi connectivity index (χ3v) is 4.89. The number of H-pyrrole nitrogens is 1. The van der Waals surface area contributed by atoms with Gasteiger partial charge in [0.2, 0.25) is 5.91 Å². The first-order chi connectivity index (χ1) is 10.7. The Morgan fingerprint density at radius 1 is 1.45 bits per heavy atom. The second-order valence-electron chi connectivity index (χ2n) is 4.83. The van der Waals surface area contributed by atoms with Gasteiger partial charge in [-0.15, -0.1) is 11.3 Å². The van der Waals surface area contributed by atoms with Crippen molar-refractivity contribution in [3.05, 3.63) is 35.6 Å². The number of hydrogen-bond donors (Lipinski definition) is 2. The molecule has 3 aromatic rings. The van der Waals surface area contributed by atoms with E-state index < -0.39 is 0 Å². The number of aromatic nitrogens is 4. The van der Waals surface area contributed by atoms with Crippen LogP contribution in [0, 0.1) is 0 Å². The number of para-hydroxylation sites is 1. The minimum Gasteiger partial charge on any atom is -0.352 e. The molecule has 22 heavy (non-hydrogen) atoms. The Bertz CT molecular complexity index is 723. The van der Waals surface area contributed by atoms with Crippen LogP contribution >= 0.6 is 23.1 Å². The first kappa shape index (κ1) is 15.0. The Hall–Kier alpha value is -1.93. The van der Waals surface area contributed by atoms with Crippen LogP contribution in [0.2, 0.25) is 0 Å². The average Bonchev–Trinajstić information content (AvgIpc) is 3.13. The molecule has 0 radical (unpaired) electrons. The molecule has 0 saturated carbocycles. The van der Waals surface area contributed by atoms with E-state index in [0.29, 0.717) is 10.9 Å². The van der Waals surface area contributed by atoms with E-state index >= 15 is 0 Å². The van der Waals surface area contributed by atoms with Gasteiger partial charge in [-0.2, -0.15) is 5.10 Å². The number of carbonyl (C=O) groups excluding carboxylic acids is 1. The number of thioether (sulfide) groups is 1. The zero-order valence-corrected chi connectivity index (χ0v) is 13.6. The Morgan fingerprint density at radius 3 is 3.09 bits per heavy atom. The summed E-state index contributed by atoms with van der Waals surface area (Å²) in [6.07, 6.45) is 2.16. The van der Waals surface area contributed by atoms with Crippen molar-refractivity contribution >= 4 is 39.2 Å². The van der Waals surface area contributed by atoms with Gasteiger partial charge in [0, 0.05) is 12.5 Å². The fraction of sp³-hybridized carbons (Fsp3) is 0.286. The van der Waals surface area contributed by atoms with Crippen molar-refractivity contribution in [2.24, 2.45) is 0 Å². The van der Waals surface area contributed by atoms with E-state index in [2.05, 4.69) is 31.5 Å². The highest BCUT2D eigenvalue weighted by atomic mass is 32.2. The lowest BCUT2D eigenvalue weighted by molar-refractivity contribution is -0.119. The maximum Gasteiger partial charge on any atom is 0.230 e. The highest BCUT2D eigenvalue weighted by Crippen LogP contribution is 2.22. The van der Waals surface area contributed by atoms with E-state index in [1.165, 1.54) is 22.8 Å². The fourth-order valence-electron chi connectivity index (χ4n) is 2.03. The molecule has 0 fully saturated rings. The Kier molecular flexibility index (Phi) is 4.69. The van der Waals surface area contributed by atoms with Crippen LogP contribution in [0.4, 0.5) is 0 Å². The number of thiazole rings is 1. The standard InChI is InChI=1S/C14H15N5OS2/c1-9(17-12(20)7-21-14-15-8-16-19-14)6-13-18-10-4-2-3-5-11(10)22-13/h2-5,8-9H,6-7H2,1H3,(H,17,20)(H,15,16,19). The predicted octanol–water partition coefficient (Wildman–Crippen LogP) is 2.25. The van der Waals surface area contributed by atoms with E-state index in [9.17, 15) is 4.79 Å². The lowest BCUT2D eigenvalue weighted by atomic mass is 10.2. The quantitative estimate of drug-likeness (QED) is 0.676. The van der Waals surface area contributed by atoms with Gasteiger partial charge in [0.25, 0.3) is 0 Å². The predicted molar refractivity (Wildman–Crippen MR) is 88.0 cm³/mol. The zero-order chi connectivity index (χ0) is 15.4. The highest BCUT2D eigenvalue weighted by molar-refractivity contribution is 7.99. The van der Waals surface area contributed by atoms with Crippen LogP contribution in [0.15, 0.2) is 35.7 Å². The minimum absolute atomic E-state index is 0.0185. The summed E-state index contributed by atoms with van der Waals surface area (Å²) in [5.74, 6) is 0.300. The fourth-order valence-corrected chi connectivity index (χ4v) is 3.72. The van der Waals surface area contributed by atoms with Crippen molar-refractivity contribution < 1.29 is 4.79 Å². The Balaban J connectivity index is 1.51. The van der Waals surface area contributed by atoms with Crippen LogP contribution < -0.4 is 5.32 Å². The van der Waals surface area contributed by atoms with Crippen molar-refractivity contribution in [2.45, 2.75) is 24.5 Å². The summed E-state index contributed by atoms with van der Waals surface area (Å²) in [5, 5.41) is 11.1. The van der Waals surface area contributed by atoms with Crippen LogP contribution in [0.5, 0.6) is 0 Å². The maximum atomic E-state index is 11.9. The molecule has 1 unspecified atom stereocenters. The third-order valence-electron chi connectivity index (χ3n) is 2.96. The molecule has 0 aliphatic rings. The van der Waals surface area contributed by atoms with Gasteiger partial charge in [-0.3, -0.25) is 9.89 Å². The normalized spacial score (nSPS) is 12.4. The van der Waals surface area contributed by atoms with Gasteiger partial charge in [0.05, 0.1) is 21.0 Å². The molecule has 0 aliphatic heterocycles. The summed E-state index contributed by atoms with van der Waals surface area (Å²) in [6, 6.07) is 8.11. The minimum atomic E-state index is -0.0185. The molecule has 0 aliphatic carbocycles. The van der Waals surface area contributed by atoms with Crippen LogP contribution in [-0.2, 0) is 11.2 Å². The molecule has 2 N–H and O–H groups in total. The molecular formula is C14H15N5OS2. The number of aromatic amines is 1. The Morgan fingerprint density at radius 2 is 2.32 bits per heavy atom. The molecule has 0 bridgehead atoms. The Labute approximate surface area is 135 Å². The van der Waals surface area contributed by atoms with E-state index in [4.69, 9.17) is 0 Å². The first-order valence-electron chi connectivity index (χ1n) is 6.82. The molecular weight excluding hydrogens is 318 g/mol. The molecule has 3 rings (SSSR count). The monoisotopic (exact) mass is 333 g/mol. The molecule has 0 saturated heterocycles. The SMILES string of the molecule is CC(Cc1nc2ccccc2s1)NC(=O)CSc1ncn[nH]1. The average molecular weight is 333 g/mol. The number of nitrogens with one attached hydrogen (secondary N) is 2. The molecule has 1 amide bonds. The summed E-state index contributed by atoms with van der Waals surface area (Å²) in [4.78, 5) is 20.5. The van der Waals surface area contributed by atoms with Crippen LogP contribution in [-0.4, -0.2) is 37.9 Å².